The molecule has 1 fully saturated rings. The number of nitrogens with zero attached hydrogens (tertiary/aromatic N) is 2. The second kappa shape index (κ2) is 6.75. The molecule has 1 unspecified atom stereocenters. The maximum atomic E-state index is 12.0. The highest BCUT2D eigenvalue weighted by atomic mass is 32.1. The Morgan fingerprint density at radius 3 is 3.05 bits per heavy atom. The number of aromatic nitrogens is 1. The predicted octanol–water partition coefficient (Wildman–Crippen LogP) is 2.19. The molecule has 1 aromatic heterocycles. The Bertz CT molecular complexity index is 487. The van der Waals surface area contributed by atoms with E-state index in [1.807, 2.05) is 26.2 Å². The molecule has 0 spiro atoms. The normalized spacial score (nSPS) is 19.6. The topological polar surface area (TPSA) is 62.7 Å². The molecule has 5 nitrogen and oxygen atoms in total. The van der Waals surface area contributed by atoms with Crippen molar-refractivity contribution in [3.8, 4) is 0 Å². The first-order chi connectivity index (χ1) is 9.98. The number of esters is 1. The molecule has 0 amide bonds. The Kier molecular flexibility index (Phi) is 5.22. The largest absolute Gasteiger partial charge is 0.465 e. The molecule has 1 aliphatic rings. The van der Waals surface area contributed by atoms with Crippen LogP contribution < -0.4 is 4.90 Å². The minimum atomic E-state index is -0.725. The molecular formula is C15H24N2O3S. The number of aliphatic hydroxyl groups excluding tert-OH is 1. The number of anilines is 1. The third kappa shape index (κ3) is 3.55. The fourth-order valence-corrected chi connectivity index (χ4v) is 3.53. The van der Waals surface area contributed by atoms with Gasteiger partial charge in [0.15, 0.2) is 5.13 Å². The average molecular weight is 312 g/mol. The van der Waals surface area contributed by atoms with Crippen molar-refractivity contribution in [1.29, 1.82) is 0 Å². The van der Waals surface area contributed by atoms with Crippen LogP contribution in [0.2, 0.25) is 0 Å². The van der Waals surface area contributed by atoms with E-state index in [2.05, 4.69) is 9.88 Å². The van der Waals surface area contributed by atoms with Crippen molar-refractivity contribution in [3.05, 3.63) is 11.1 Å². The van der Waals surface area contributed by atoms with Gasteiger partial charge in [0.25, 0.3) is 0 Å². The summed E-state index contributed by atoms with van der Waals surface area (Å²) in [7, 11) is 0. The van der Waals surface area contributed by atoms with Crippen molar-refractivity contribution in [2.45, 2.75) is 39.0 Å². The number of carbonyl (C=O) groups is 1. The van der Waals surface area contributed by atoms with Crippen LogP contribution in [0.25, 0.3) is 0 Å². The Morgan fingerprint density at radius 2 is 2.38 bits per heavy atom. The minimum absolute atomic E-state index is 0.225. The molecule has 1 aromatic rings. The zero-order chi connectivity index (χ0) is 15.5. The molecule has 6 heteroatoms. The van der Waals surface area contributed by atoms with Crippen LogP contribution in [-0.2, 0) is 14.9 Å². The number of thiazole rings is 1. The Morgan fingerprint density at radius 1 is 1.62 bits per heavy atom. The molecule has 0 aliphatic carbocycles. The van der Waals surface area contributed by atoms with E-state index < -0.39 is 5.41 Å². The summed E-state index contributed by atoms with van der Waals surface area (Å²) in [5.41, 5.74) is 0.0313. The van der Waals surface area contributed by atoms with Crippen LogP contribution in [0.3, 0.4) is 0 Å². The highest BCUT2D eigenvalue weighted by molar-refractivity contribution is 7.13. The van der Waals surface area contributed by atoms with Gasteiger partial charge in [-0.05, 0) is 39.5 Å². The van der Waals surface area contributed by atoms with Crippen molar-refractivity contribution in [1.82, 2.24) is 4.98 Å². The molecule has 0 radical (unpaired) electrons. The lowest BCUT2D eigenvalue weighted by molar-refractivity contribution is -0.148. The van der Waals surface area contributed by atoms with Gasteiger partial charge in [0, 0.05) is 25.1 Å². The Balaban J connectivity index is 2.12. The van der Waals surface area contributed by atoms with E-state index in [4.69, 9.17) is 4.74 Å². The molecule has 118 valence electrons. The van der Waals surface area contributed by atoms with Crippen LogP contribution >= 0.6 is 11.3 Å². The van der Waals surface area contributed by atoms with Crippen molar-refractivity contribution in [2.24, 2.45) is 5.92 Å². The van der Waals surface area contributed by atoms with Crippen LogP contribution in [0.15, 0.2) is 5.38 Å². The van der Waals surface area contributed by atoms with Crippen molar-refractivity contribution < 1.29 is 14.6 Å². The number of carbonyl (C=O) groups excluding carboxylic acids is 1. The predicted molar refractivity (Wildman–Crippen MR) is 83.8 cm³/mol. The first-order valence-corrected chi connectivity index (χ1v) is 8.36. The average Bonchev–Trinajstić information content (AvgIpc) is 2.98. The van der Waals surface area contributed by atoms with E-state index in [-0.39, 0.29) is 12.6 Å². The molecule has 2 rings (SSSR count). The quantitative estimate of drug-likeness (QED) is 0.845. The molecule has 1 atom stereocenters. The maximum absolute atomic E-state index is 12.0. The lowest BCUT2D eigenvalue weighted by atomic mass is 9.90. The molecule has 1 saturated heterocycles. The standard InChI is InChI=1S/C15H24N2O3S/c1-4-20-13(19)15(2,3)12-10-21-14(16-12)17-7-5-6-11(8-17)9-18/h10-11,18H,4-9H2,1-3H3. The summed E-state index contributed by atoms with van der Waals surface area (Å²) >= 11 is 1.56. The second-order valence-electron chi connectivity index (χ2n) is 6.00. The van der Waals surface area contributed by atoms with E-state index in [0.717, 1.165) is 36.8 Å². The van der Waals surface area contributed by atoms with Gasteiger partial charge < -0.3 is 14.7 Å². The van der Waals surface area contributed by atoms with Gasteiger partial charge in [-0.2, -0.15) is 0 Å². The molecule has 0 aromatic carbocycles. The van der Waals surface area contributed by atoms with Gasteiger partial charge in [-0.1, -0.05) is 0 Å². The van der Waals surface area contributed by atoms with E-state index in [0.29, 0.717) is 12.5 Å². The van der Waals surface area contributed by atoms with E-state index >= 15 is 0 Å². The maximum Gasteiger partial charge on any atom is 0.317 e. The van der Waals surface area contributed by atoms with Crippen molar-refractivity contribution >= 4 is 22.4 Å². The fraction of sp³-hybridized carbons (Fsp3) is 0.733. The Labute approximate surface area is 129 Å². The lowest BCUT2D eigenvalue weighted by Gasteiger charge is -2.31. The number of rotatable bonds is 5. The third-order valence-electron chi connectivity index (χ3n) is 3.97. The SMILES string of the molecule is CCOC(=O)C(C)(C)c1csc(N2CCCC(CO)C2)n1. The summed E-state index contributed by atoms with van der Waals surface area (Å²) in [5, 5.41) is 12.2. The van der Waals surface area contributed by atoms with Crippen LogP contribution in [0, 0.1) is 5.92 Å². The first kappa shape index (κ1) is 16.2. The third-order valence-corrected chi connectivity index (χ3v) is 4.87. The van der Waals surface area contributed by atoms with E-state index in [9.17, 15) is 9.90 Å². The Hall–Kier alpha value is -1.14. The van der Waals surface area contributed by atoms with Gasteiger partial charge in [0.05, 0.1) is 12.3 Å². The van der Waals surface area contributed by atoms with Crippen LogP contribution in [-0.4, -0.2) is 42.4 Å². The number of hydrogen-bond donors (Lipinski definition) is 1. The summed E-state index contributed by atoms with van der Waals surface area (Å²) in [6.07, 6.45) is 2.14. The van der Waals surface area contributed by atoms with E-state index in [1.54, 1.807) is 11.3 Å². The molecule has 1 aliphatic heterocycles. The molecule has 2 heterocycles. The number of hydrogen-bond acceptors (Lipinski definition) is 6. The molecule has 0 saturated carbocycles. The van der Waals surface area contributed by atoms with Gasteiger partial charge in [-0.25, -0.2) is 4.98 Å². The monoisotopic (exact) mass is 312 g/mol. The summed E-state index contributed by atoms with van der Waals surface area (Å²) in [4.78, 5) is 18.9. The molecule has 21 heavy (non-hydrogen) atoms. The van der Waals surface area contributed by atoms with Crippen LogP contribution in [0.1, 0.15) is 39.3 Å². The number of ether oxygens (including phenoxy) is 1. The first-order valence-electron chi connectivity index (χ1n) is 7.48. The van der Waals surface area contributed by atoms with Crippen molar-refractivity contribution in [2.75, 3.05) is 31.2 Å². The second-order valence-corrected chi connectivity index (χ2v) is 6.83. The van der Waals surface area contributed by atoms with E-state index in [1.165, 1.54) is 0 Å². The summed E-state index contributed by atoms with van der Waals surface area (Å²) in [5.74, 6) is 0.0814. The highest BCUT2D eigenvalue weighted by Gasteiger charge is 2.34. The molecule has 0 bridgehead atoms. The van der Waals surface area contributed by atoms with Gasteiger partial charge >= 0.3 is 5.97 Å². The lowest BCUT2D eigenvalue weighted by Crippen LogP contribution is -2.37. The smallest absolute Gasteiger partial charge is 0.317 e. The van der Waals surface area contributed by atoms with Gasteiger partial charge in [0.2, 0.25) is 0 Å². The molecular weight excluding hydrogens is 288 g/mol. The zero-order valence-corrected chi connectivity index (χ0v) is 13.8. The zero-order valence-electron chi connectivity index (χ0n) is 13.0. The highest BCUT2D eigenvalue weighted by Crippen LogP contribution is 2.32. The molecule has 1 N–H and O–H groups in total. The van der Waals surface area contributed by atoms with Crippen molar-refractivity contribution in [3.63, 3.8) is 0 Å². The minimum Gasteiger partial charge on any atom is -0.465 e. The number of aliphatic hydroxyl groups is 1. The fourth-order valence-electron chi connectivity index (χ4n) is 2.50. The number of piperidine rings is 1. The summed E-state index contributed by atoms with van der Waals surface area (Å²) in [6, 6.07) is 0. The van der Waals surface area contributed by atoms with Crippen LogP contribution in [0.4, 0.5) is 5.13 Å². The van der Waals surface area contributed by atoms with Gasteiger partial charge in [0.1, 0.15) is 5.41 Å². The summed E-state index contributed by atoms with van der Waals surface area (Å²) < 4.78 is 5.13. The van der Waals surface area contributed by atoms with Crippen LogP contribution in [0.5, 0.6) is 0 Å². The van der Waals surface area contributed by atoms with Gasteiger partial charge in [-0.3, -0.25) is 4.79 Å². The summed E-state index contributed by atoms with van der Waals surface area (Å²) in [6.45, 7) is 7.90. The van der Waals surface area contributed by atoms with Gasteiger partial charge in [-0.15, -0.1) is 11.3 Å².